The lowest BCUT2D eigenvalue weighted by Gasteiger charge is -2.34. The zero-order valence-corrected chi connectivity index (χ0v) is 16.6. The summed E-state index contributed by atoms with van der Waals surface area (Å²) in [5.41, 5.74) is -2.14. The fourth-order valence-corrected chi connectivity index (χ4v) is 3.74. The van der Waals surface area contributed by atoms with E-state index < -0.39 is 35.5 Å². The number of carbonyl (C=O) groups is 1. The van der Waals surface area contributed by atoms with Gasteiger partial charge in [-0.3, -0.25) is 14.3 Å². The fraction of sp³-hybridized carbons (Fsp3) is 0.368. The number of hydrogen-bond acceptors (Lipinski definition) is 3. The highest BCUT2D eigenvalue weighted by Gasteiger charge is 2.36. The molecule has 1 saturated heterocycles. The molecule has 0 aliphatic carbocycles. The number of aliphatic carboxylic acids is 1. The summed E-state index contributed by atoms with van der Waals surface area (Å²) < 4.78 is 54.6. The molecular weight excluding hydrogens is 460 g/mol. The molecule has 1 aliphatic rings. The van der Waals surface area contributed by atoms with Gasteiger partial charge < -0.3 is 5.11 Å². The van der Waals surface area contributed by atoms with Gasteiger partial charge in [-0.05, 0) is 29.7 Å². The summed E-state index contributed by atoms with van der Waals surface area (Å²) in [6.45, 7) is 0.476. The maximum atomic E-state index is 13.4. The Morgan fingerprint density at radius 2 is 1.97 bits per heavy atom. The highest BCUT2D eigenvalue weighted by Crippen LogP contribution is 2.32. The Kier molecular flexibility index (Phi) is 6.13. The van der Waals surface area contributed by atoms with Crippen LogP contribution in [0.5, 0.6) is 0 Å². The first kappa shape index (κ1) is 21.5. The maximum absolute atomic E-state index is 13.4. The summed E-state index contributed by atoms with van der Waals surface area (Å²) in [4.78, 5) is 25.9. The standard InChI is InChI=1S/C19H17BrF4N2O3/c20-13-3-1-2-11(6-13)17(18(28)29)26-8-12(4-5-25-9-14(21)10-25)15(7-16(26)27)19(22,23)24/h1-3,6-8,14,17H,4-5,9-10H2,(H,28,29). The van der Waals surface area contributed by atoms with Gasteiger partial charge in [0.15, 0.2) is 6.04 Å². The van der Waals surface area contributed by atoms with Crippen LogP contribution in [0.2, 0.25) is 0 Å². The molecule has 0 bridgehead atoms. The fourth-order valence-electron chi connectivity index (χ4n) is 3.32. The molecule has 1 N–H and O–H groups in total. The molecule has 1 atom stereocenters. The summed E-state index contributed by atoms with van der Waals surface area (Å²) >= 11 is 3.22. The third-order valence-electron chi connectivity index (χ3n) is 4.76. The molecule has 1 unspecified atom stereocenters. The average Bonchev–Trinajstić information content (AvgIpc) is 2.58. The van der Waals surface area contributed by atoms with Crippen LogP contribution in [0, 0.1) is 0 Å². The van der Waals surface area contributed by atoms with Gasteiger partial charge in [0, 0.05) is 36.4 Å². The lowest BCUT2D eigenvalue weighted by Crippen LogP contribution is -2.49. The second-order valence-electron chi connectivity index (χ2n) is 6.86. The smallest absolute Gasteiger partial charge is 0.416 e. The molecule has 2 heterocycles. The molecule has 0 radical (unpaired) electrons. The van der Waals surface area contributed by atoms with E-state index in [4.69, 9.17) is 0 Å². The van der Waals surface area contributed by atoms with Crippen molar-refractivity contribution in [2.24, 2.45) is 0 Å². The molecule has 0 saturated carbocycles. The van der Waals surface area contributed by atoms with Crippen molar-refractivity contribution in [2.45, 2.75) is 24.8 Å². The molecule has 5 nitrogen and oxygen atoms in total. The first-order valence-electron chi connectivity index (χ1n) is 8.73. The van der Waals surface area contributed by atoms with E-state index in [0.717, 1.165) is 10.8 Å². The Labute approximate surface area is 171 Å². The minimum absolute atomic E-state index is 0.0906. The number of alkyl halides is 4. The van der Waals surface area contributed by atoms with Gasteiger partial charge in [0.2, 0.25) is 0 Å². The molecule has 1 aliphatic heterocycles. The minimum Gasteiger partial charge on any atom is -0.479 e. The van der Waals surface area contributed by atoms with E-state index >= 15 is 0 Å². The number of hydrogen-bond donors (Lipinski definition) is 1. The Bertz CT molecular complexity index is 971. The third-order valence-corrected chi connectivity index (χ3v) is 5.25. The first-order valence-corrected chi connectivity index (χ1v) is 9.52. The van der Waals surface area contributed by atoms with Crippen molar-refractivity contribution in [3.8, 4) is 0 Å². The van der Waals surface area contributed by atoms with Crippen molar-refractivity contribution in [3.63, 3.8) is 0 Å². The van der Waals surface area contributed by atoms with Crippen molar-refractivity contribution in [3.05, 3.63) is 68.0 Å². The van der Waals surface area contributed by atoms with Crippen LogP contribution in [0.4, 0.5) is 17.6 Å². The van der Waals surface area contributed by atoms with Crippen LogP contribution >= 0.6 is 15.9 Å². The third kappa shape index (κ3) is 4.87. The molecule has 0 amide bonds. The predicted molar refractivity (Wildman–Crippen MR) is 101 cm³/mol. The molecule has 3 rings (SSSR count). The molecule has 29 heavy (non-hydrogen) atoms. The van der Waals surface area contributed by atoms with Crippen LogP contribution in [0.25, 0.3) is 0 Å². The van der Waals surface area contributed by atoms with Crippen LogP contribution in [0.3, 0.4) is 0 Å². The van der Waals surface area contributed by atoms with Crippen molar-refractivity contribution in [2.75, 3.05) is 19.6 Å². The summed E-state index contributed by atoms with van der Waals surface area (Å²) in [5.74, 6) is -1.38. The monoisotopic (exact) mass is 476 g/mol. The number of pyridine rings is 1. The molecular formula is C19H17BrF4N2O3. The van der Waals surface area contributed by atoms with Crippen molar-refractivity contribution < 1.29 is 27.5 Å². The van der Waals surface area contributed by atoms with Crippen LogP contribution < -0.4 is 5.56 Å². The van der Waals surface area contributed by atoms with Gasteiger partial charge in [0.25, 0.3) is 5.56 Å². The predicted octanol–water partition coefficient (Wildman–Crippen LogP) is 3.50. The molecule has 1 fully saturated rings. The van der Waals surface area contributed by atoms with Gasteiger partial charge in [-0.25, -0.2) is 9.18 Å². The number of rotatable bonds is 6. The molecule has 0 spiro atoms. The lowest BCUT2D eigenvalue weighted by atomic mass is 10.0. The number of carboxylic acid groups (broad SMARTS) is 1. The normalized spacial score (nSPS) is 16.4. The zero-order chi connectivity index (χ0) is 21.3. The highest BCUT2D eigenvalue weighted by atomic mass is 79.9. The summed E-state index contributed by atoms with van der Waals surface area (Å²) in [5, 5.41) is 9.66. The van der Waals surface area contributed by atoms with E-state index in [0.29, 0.717) is 10.5 Å². The second kappa shape index (κ2) is 8.27. The summed E-state index contributed by atoms with van der Waals surface area (Å²) in [6, 6.07) is 5.15. The van der Waals surface area contributed by atoms with Crippen molar-refractivity contribution in [1.82, 2.24) is 9.47 Å². The Morgan fingerprint density at radius 3 is 2.52 bits per heavy atom. The van der Waals surface area contributed by atoms with Crippen LogP contribution in [-0.4, -0.2) is 46.3 Å². The number of benzene rings is 1. The molecule has 10 heteroatoms. The molecule has 1 aromatic carbocycles. The number of halogens is 5. The molecule has 156 valence electrons. The zero-order valence-electron chi connectivity index (χ0n) is 15.0. The number of likely N-dealkylation sites (tertiary alicyclic amines) is 1. The van der Waals surface area contributed by atoms with E-state index in [2.05, 4.69) is 15.9 Å². The van der Waals surface area contributed by atoms with E-state index in [1.54, 1.807) is 17.0 Å². The number of carboxylic acids is 1. The quantitative estimate of drug-likeness (QED) is 0.648. The van der Waals surface area contributed by atoms with Crippen LogP contribution in [0.15, 0.2) is 45.8 Å². The van der Waals surface area contributed by atoms with Gasteiger partial charge in [0.05, 0.1) is 5.56 Å². The molecule has 2 aromatic rings. The van der Waals surface area contributed by atoms with E-state index in [1.807, 2.05) is 0 Å². The van der Waals surface area contributed by atoms with Gasteiger partial charge in [-0.1, -0.05) is 28.1 Å². The maximum Gasteiger partial charge on any atom is 0.416 e. The summed E-state index contributed by atoms with van der Waals surface area (Å²) in [7, 11) is 0. The SMILES string of the molecule is O=C(O)C(c1cccc(Br)c1)n1cc(CCN2CC(F)C2)c(C(F)(F)F)cc1=O. The van der Waals surface area contributed by atoms with Gasteiger partial charge in [0.1, 0.15) is 6.17 Å². The topological polar surface area (TPSA) is 62.5 Å². The van der Waals surface area contributed by atoms with Crippen LogP contribution in [0.1, 0.15) is 22.7 Å². The largest absolute Gasteiger partial charge is 0.479 e. The van der Waals surface area contributed by atoms with Gasteiger partial charge in [-0.15, -0.1) is 0 Å². The summed E-state index contributed by atoms with van der Waals surface area (Å²) in [6.07, 6.45) is -4.89. The first-order chi connectivity index (χ1) is 13.6. The van der Waals surface area contributed by atoms with Crippen molar-refractivity contribution >= 4 is 21.9 Å². The van der Waals surface area contributed by atoms with E-state index in [1.165, 1.54) is 12.1 Å². The molecule has 1 aromatic heterocycles. The van der Waals surface area contributed by atoms with Gasteiger partial charge in [-0.2, -0.15) is 13.2 Å². The van der Waals surface area contributed by atoms with Crippen molar-refractivity contribution in [1.29, 1.82) is 0 Å². The Balaban J connectivity index is 2.04. The second-order valence-corrected chi connectivity index (χ2v) is 7.77. The van der Waals surface area contributed by atoms with Crippen LogP contribution in [-0.2, 0) is 17.4 Å². The van der Waals surface area contributed by atoms with E-state index in [9.17, 15) is 32.3 Å². The minimum atomic E-state index is -4.76. The number of aromatic nitrogens is 1. The lowest BCUT2D eigenvalue weighted by molar-refractivity contribution is -0.139. The number of nitrogens with zero attached hydrogens (tertiary/aromatic N) is 2. The van der Waals surface area contributed by atoms with Gasteiger partial charge >= 0.3 is 12.1 Å². The highest BCUT2D eigenvalue weighted by molar-refractivity contribution is 9.10. The Hall–Kier alpha value is -2.20. The average molecular weight is 477 g/mol. The Morgan fingerprint density at radius 1 is 1.28 bits per heavy atom. The van der Waals surface area contributed by atoms with E-state index in [-0.39, 0.29) is 37.2 Å².